The first-order valence-corrected chi connectivity index (χ1v) is 24.1. The molecule has 3 saturated heterocycles. The molecule has 0 aromatic rings. The van der Waals surface area contributed by atoms with E-state index in [0.29, 0.717) is 36.9 Å². The van der Waals surface area contributed by atoms with Gasteiger partial charge in [0.1, 0.15) is 79.0 Å². The zero-order valence-electron chi connectivity index (χ0n) is 39.5. The molecule has 3 aliphatic heterocycles. The first kappa shape index (κ1) is 52.3. The Bertz CT molecular complexity index is 1760. The molecule has 11 N–H and O–H groups in total. The van der Waals surface area contributed by atoms with E-state index < -0.39 is 129 Å². The molecule has 0 aromatic heterocycles. The SMILES string of the molecule is CC(=CCCC(C)C1CCC2(C)C3CC=C4C(CCC(OC5OC(CO)C(O)C(O)C5O)C4(C)C)C3(C)C(=O)CC12C)COC1OC(CO)C(O)C(O)C1OC1OC(CO)C(O)C(O)C1O. The highest BCUT2D eigenvalue weighted by Crippen LogP contribution is 2.74. The molecule has 23 atom stereocenters. The van der Waals surface area contributed by atoms with Crippen molar-refractivity contribution in [1.82, 2.24) is 0 Å². The minimum atomic E-state index is -1.77. The van der Waals surface area contributed by atoms with Gasteiger partial charge in [-0.15, -0.1) is 0 Å². The summed E-state index contributed by atoms with van der Waals surface area (Å²) in [5.74, 6) is 1.06. The van der Waals surface area contributed by atoms with Gasteiger partial charge in [-0.2, -0.15) is 0 Å². The van der Waals surface area contributed by atoms with Crippen molar-refractivity contribution in [3.63, 3.8) is 0 Å². The van der Waals surface area contributed by atoms with Crippen LogP contribution in [0.3, 0.4) is 0 Å². The van der Waals surface area contributed by atoms with Crippen molar-refractivity contribution in [3.8, 4) is 0 Å². The number of Topliss-reactive ketones (excluding diaryl/α,β-unsaturated/α-hetero) is 1. The molecule has 18 heteroatoms. The summed E-state index contributed by atoms with van der Waals surface area (Å²) in [5, 5.41) is 113. The predicted octanol–water partition coefficient (Wildman–Crippen LogP) is -0.0410. The summed E-state index contributed by atoms with van der Waals surface area (Å²) in [6, 6.07) is 0. The van der Waals surface area contributed by atoms with E-state index in [9.17, 15) is 61.0 Å². The van der Waals surface area contributed by atoms with Gasteiger partial charge < -0.3 is 84.6 Å². The topological polar surface area (TPSA) is 295 Å². The van der Waals surface area contributed by atoms with Gasteiger partial charge in [0.25, 0.3) is 0 Å². The summed E-state index contributed by atoms with van der Waals surface area (Å²) in [7, 11) is 0. The fraction of sp³-hybridized carbons (Fsp3) is 0.896. The summed E-state index contributed by atoms with van der Waals surface area (Å²) in [6.07, 6.45) is -12.0. The fourth-order valence-corrected chi connectivity index (χ4v) is 13.7. The van der Waals surface area contributed by atoms with Gasteiger partial charge in [-0.25, -0.2) is 0 Å². The molecule has 6 fully saturated rings. The molecule has 0 spiro atoms. The van der Waals surface area contributed by atoms with Crippen molar-refractivity contribution in [3.05, 3.63) is 23.3 Å². The second-order valence-electron chi connectivity index (χ2n) is 21.9. The average molecular weight is 943 g/mol. The highest BCUT2D eigenvalue weighted by atomic mass is 16.8. The maximum Gasteiger partial charge on any atom is 0.187 e. The Kier molecular flexibility index (Phi) is 15.8. The standard InChI is InChI=1S/C48H78O18/c1-22(21-61-44-41(38(58)35(55)29(20-51)64-44)66-43-40(60)37(57)34(54)28(19-50)63-43)9-8-10-23(2)24-15-16-46(5)30-13-11-25-26(48(30,7)31(52)17-47(24,46)6)12-14-32(45(25,3)4)65-42-39(59)36(56)33(53)27(18-49)62-42/h9,11,23-24,26-30,32-44,49-51,53-60H,8,10,12-21H2,1-7H3. The molecular formula is C48H78O18. The first-order valence-electron chi connectivity index (χ1n) is 24.1. The normalized spacial score (nSPS) is 50.0. The van der Waals surface area contributed by atoms with Gasteiger partial charge in [0.05, 0.1) is 32.5 Å². The van der Waals surface area contributed by atoms with Crippen molar-refractivity contribution >= 4 is 5.78 Å². The Morgan fingerprint density at radius 3 is 1.85 bits per heavy atom. The Balaban J connectivity index is 0.985. The number of carbonyl (C=O) groups is 1. The zero-order valence-corrected chi connectivity index (χ0v) is 39.5. The minimum Gasteiger partial charge on any atom is -0.394 e. The Hall–Kier alpha value is -1.53. The summed E-state index contributed by atoms with van der Waals surface area (Å²) in [5.41, 5.74) is 0.593. The molecular weight excluding hydrogens is 865 g/mol. The number of hydrogen-bond donors (Lipinski definition) is 11. The van der Waals surface area contributed by atoms with Crippen LogP contribution in [-0.2, 0) is 33.2 Å². The van der Waals surface area contributed by atoms with Crippen LogP contribution in [0.5, 0.6) is 0 Å². The molecule has 0 radical (unpaired) electrons. The van der Waals surface area contributed by atoms with E-state index in [0.717, 1.165) is 37.7 Å². The molecule has 4 aliphatic carbocycles. The van der Waals surface area contributed by atoms with Crippen molar-refractivity contribution in [2.45, 2.75) is 198 Å². The molecule has 0 bridgehead atoms. The van der Waals surface area contributed by atoms with Crippen molar-refractivity contribution in [2.24, 2.45) is 45.3 Å². The van der Waals surface area contributed by atoms with Gasteiger partial charge in [0.2, 0.25) is 0 Å². The van der Waals surface area contributed by atoms with E-state index >= 15 is 0 Å². The lowest BCUT2D eigenvalue weighted by Gasteiger charge is -2.65. The monoisotopic (exact) mass is 943 g/mol. The Morgan fingerprint density at radius 1 is 0.727 bits per heavy atom. The lowest BCUT2D eigenvalue weighted by atomic mass is 9.38. The third-order valence-electron chi connectivity index (χ3n) is 18.0. The van der Waals surface area contributed by atoms with Gasteiger partial charge >= 0.3 is 0 Å². The molecule has 7 aliphatic rings. The third-order valence-corrected chi connectivity index (χ3v) is 18.0. The highest BCUT2D eigenvalue weighted by Gasteiger charge is 2.70. The summed E-state index contributed by atoms with van der Waals surface area (Å²) in [6.45, 7) is 13.5. The van der Waals surface area contributed by atoms with Gasteiger partial charge in [-0.3, -0.25) is 4.79 Å². The summed E-state index contributed by atoms with van der Waals surface area (Å²) >= 11 is 0. The first-order chi connectivity index (χ1) is 31.0. The maximum atomic E-state index is 14.9. The Morgan fingerprint density at radius 2 is 1.27 bits per heavy atom. The molecule has 23 unspecified atom stereocenters. The number of allylic oxidation sites excluding steroid dienone is 2. The quantitative estimate of drug-likeness (QED) is 0.102. The van der Waals surface area contributed by atoms with E-state index in [-0.39, 0.29) is 29.3 Å². The molecule has 66 heavy (non-hydrogen) atoms. The van der Waals surface area contributed by atoms with Crippen LogP contribution >= 0.6 is 0 Å². The molecule has 378 valence electrons. The predicted molar refractivity (Wildman–Crippen MR) is 233 cm³/mol. The minimum absolute atomic E-state index is 0.0121. The second-order valence-corrected chi connectivity index (χ2v) is 21.9. The lowest BCUT2D eigenvalue weighted by Crippen LogP contribution is -2.64. The van der Waals surface area contributed by atoms with Crippen LogP contribution in [0.4, 0.5) is 0 Å². The summed E-state index contributed by atoms with van der Waals surface area (Å²) < 4.78 is 35.2. The lowest BCUT2D eigenvalue weighted by molar-refractivity contribution is -0.366. The van der Waals surface area contributed by atoms with Crippen molar-refractivity contribution in [2.75, 3.05) is 26.4 Å². The van der Waals surface area contributed by atoms with Crippen molar-refractivity contribution in [1.29, 1.82) is 0 Å². The number of aliphatic hydroxyl groups excluding tert-OH is 11. The number of fused-ring (bicyclic) bond motifs is 5. The van der Waals surface area contributed by atoms with Crippen LogP contribution in [0, 0.1) is 45.3 Å². The molecule has 0 amide bonds. The van der Waals surface area contributed by atoms with E-state index in [2.05, 4.69) is 53.7 Å². The molecule has 7 rings (SSSR count). The largest absolute Gasteiger partial charge is 0.394 e. The van der Waals surface area contributed by atoms with Crippen LogP contribution in [0.1, 0.15) is 99.8 Å². The number of carbonyl (C=O) groups excluding carboxylic acids is 1. The number of rotatable bonds is 14. The summed E-state index contributed by atoms with van der Waals surface area (Å²) in [4.78, 5) is 14.9. The zero-order chi connectivity index (χ0) is 48.4. The number of ether oxygens (including phenoxy) is 6. The smallest absolute Gasteiger partial charge is 0.187 e. The van der Waals surface area contributed by atoms with Crippen LogP contribution in [0.25, 0.3) is 0 Å². The fourth-order valence-electron chi connectivity index (χ4n) is 13.7. The van der Waals surface area contributed by atoms with E-state index in [1.165, 1.54) is 5.57 Å². The van der Waals surface area contributed by atoms with E-state index in [1.807, 2.05) is 6.92 Å². The third kappa shape index (κ3) is 8.83. The number of aliphatic hydroxyl groups is 11. The van der Waals surface area contributed by atoms with Crippen LogP contribution in [-0.4, -0.2) is 187 Å². The van der Waals surface area contributed by atoms with Crippen LogP contribution < -0.4 is 0 Å². The number of hydrogen-bond acceptors (Lipinski definition) is 18. The highest BCUT2D eigenvalue weighted by molar-refractivity contribution is 5.88. The van der Waals surface area contributed by atoms with Crippen LogP contribution in [0.2, 0.25) is 0 Å². The van der Waals surface area contributed by atoms with E-state index in [4.69, 9.17) is 28.4 Å². The van der Waals surface area contributed by atoms with Gasteiger partial charge in [0.15, 0.2) is 18.9 Å². The van der Waals surface area contributed by atoms with Gasteiger partial charge in [0, 0.05) is 17.3 Å². The van der Waals surface area contributed by atoms with Gasteiger partial charge in [-0.05, 0) is 86.4 Å². The maximum absolute atomic E-state index is 14.9. The Labute approximate surface area is 387 Å². The second kappa shape index (κ2) is 19.9. The van der Waals surface area contributed by atoms with Gasteiger partial charge in [-0.1, -0.05) is 64.8 Å². The van der Waals surface area contributed by atoms with Crippen molar-refractivity contribution < 1.29 is 89.4 Å². The molecule has 3 heterocycles. The van der Waals surface area contributed by atoms with E-state index in [1.54, 1.807) is 0 Å². The number of ketones is 1. The molecule has 3 saturated carbocycles. The molecule has 18 nitrogen and oxygen atoms in total. The average Bonchev–Trinajstić information content (AvgIpc) is 3.55. The molecule has 0 aromatic carbocycles. The van der Waals surface area contributed by atoms with Crippen LogP contribution in [0.15, 0.2) is 23.3 Å².